The Balaban J connectivity index is 2.12. The van der Waals surface area contributed by atoms with E-state index in [0.29, 0.717) is 0 Å². The Morgan fingerprint density at radius 2 is 1.20 bits per heavy atom. The Morgan fingerprint density at radius 3 is 1.80 bits per heavy atom. The molecule has 0 nitrogen and oxygen atoms in total. The molecule has 0 aromatic heterocycles. The summed E-state index contributed by atoms with van der Waals surface area (Å²) < 4.78 is 0. The van der Waals surface area contributed by atoms with E-state index in [-0.39, 0.29) is 0 Å². The van der Waals surface area contributed by atoms with Gasteiger partial charge in [0.25, 0.3) is 0 Å². The van der Waals surface area contributed by atoms with Crippen molar-refractivity contribution in [1.29, 1.82) is 0 Å². The zero-order valence-electron chi connectivity index (χ0n) is 14.8. The van der Waals surface area contributed by atoms with E-state index in [1.54, 1.807) is 0 Å². The second kappa shape index (κ2) is 6.57. The molecule has 4 aromatic carbocycles. The van der Waals surface area contributed by atoms with Crippen LogP contribution >= 0.6 is 0 Å². The molecule has 4 rings (SSSR count). The van der Waals surface area contributed by atoms with Crippen molar-refractivity contribution >= 4 is 10.8 Å². The molecule has 0 aliphatic heterocycles. The van der Waals surface area contributed by atoms with Gasteiger partial charge in [-0.3, -0.25) is 0 Å². The van der Waals surface area contributed by atoms with Crippen LogP contribution in [0.25, 0.3) is 33.0 Å². The first-order valence-electron chi connectivity index (χ1n) is 8.95. The molecule has 0 heteroatoms. The van der Waals surface area contributed by atoms with Crippen LogP contribution in [0.5, 0.6) is 0 Å². The van der Waals surface area contributed by atoms with Gasteiger partial charge in [-0.05, 0) is 58.0 Å². The SMILES string of the molecule is CCc1c(-c2ccccc2)cc(-c2ccccc2)c2cc(C)ccc12. The van der Waals surface area contributed by atoms with Crippen LogP contribution in [0, 0.1) is 6.92 Å². The predicted molar refractivity (Wildman–Crippen MR) is 109 cm³/mol. The van der Waals surface area contributed by atoms with Crippen LogP contribution in [0.3, 0.4) is 0 Å². The van der Waals surface area contributed by atoms with Gasteiger partial charge in [0, 0.05) is 0 Å². The van der Waals surface area contributed by atoms with Crippen LogP contribution < -0.4 is 0 Å². The number of hydrogen-bond donors (Lipinski definition) is 0. The number of aryl methyl sites for hydroxylation is 2. The zero-order valence-corrected chi connectivity index (χ0v) is 14.8. The van der Waals surface area contributed by atoms with Gasteiger partial charge in [-0.2, -0.15) is 0 Å². The standard InChI is InChI=1S/C25H22/c1-3-21-22-15-14-18(2)16-25(22)24(20-12-8-5-9-13-20)17-23(21)19-10-6-4-7-11-19/h4-17H,3H2,1-2H3. The summed E-state index contributed by atoms with van der Waals surface area (Å²) in [4.78, 5) is 0. The topological polar surface area (TPSA) is 0 Å². The molecule has 0 radical (unpaired) electrons. The summed E-state index contributed by atoms with van der Waals surface area (Å²) in [6, 6.07) is 30.7. The highest BCUT2D eigenvalue weighted by molar-refractivity contribution is 6.03. The van der Waals surface area contributed by atoms with Gasteiger partial charge in [0.2, 0.25) is 0 Å². The lowest BCUT2D eigenvalue weighted by Gasteiger charge is -2.17. The average Bonchev–Trinajstić information content (AvgIpc) is 2.68. The molecule has 0 heterocycles. The molecule has 0 spiro atoms. The van der Waals surface area contributed by atoms with Gasteiger partial charge >= 0.3 is 0 Å². The van der Waals surface area contributed by atoms with E-state index in [1.165, 1.54) is 44.2 Å². The molecule has 0 N–H and O–H groups in total. The Hall–Kier alpha value is -2.86. The molecular formula is C25H22. The lowest BCUT2D eigenvalue weighted by Crippen LogP contribution is -1.94. The minimum atomic E-state index is 1.03. The summed E-state index contributed by atoms with van der Waals surface area (Å²) in [5.41, 5.74) is 7.96. The molecule has 0 bridgehead atoms. The van der Waals surface area contributed by atoms with Crippen molar-refractivity contribution in [2.45, 2.75) is 20.3 Å². The maximum atomic E-state index is 2.38. The Morgan fingerprint density at radius 1 is 0.600 bits per heavy atom. The van der Waals surface area contributed by atoms with Crippen LogP contribution in [-0.4, -0.2) is 0 Å². The minimum Gasteiger partial charge on any atom is -0.0622 e. The minimum absolute atomic E-state index is 1.03. The second-order valence-electron chi connectivity index (χ2n) is 6.58. The number of rotatable bonds is 3. The van der Waals surface area contributed by atoms with Gasteiger partial charge in [-0.15, -0.1) is 0 Å². The lowest BCUT2D eigenvalue weighted by molar-refractivity contribution is 1.16. The number of hydrogen-bond acceptors (Lipinski definition) is 0. The molecule has 0 amide bonds. The molecule has 0 unspecified atom stereocenters. The third-order valence-electron chi connectivity index (χ3n) is 4.93. The van der Waals surface area contributed by atoms with Crippen molar-refractivity contribution in [3.05, 3.63) is 96.1 Å². The monoisotopic (exact) mass is 322 g/mol. The molecule has 0 aliphatic rings. The van der Waals surface area contributed by atoms with Crippen molar-refractivity contribution in [3.63, 3.8) is 0 Å². The van der Waals surface area contributed by atoms with E-state index in [9.17, 15) is 0 Å². The number of benzene rings is 4. The fourth-order valence-electron chi connectivity index (χ4n) is 3.71. The van der Waals surface area contributed by atoms with Gasteiger partial charge in [-0.1, -0.05) is 91.3 Å². The third-order valence-corrected chi connectivity index (χ3v) is 4.93. The molecule has 0 aliphatic carbocycles. The molecule has 4 aromatic rings. The zero-order chi connectivity index (χ0) is 17.2. The quantitative estimate of drug-likeness (QED) is 0.379. The van der Waals surface area contributed by atoms with E-state index >= 15 is 0 Å². The van der Waals surface area contributed by atoms with Crippen LogP contribution in [-0.2, 0) is 6.42 Å². The lowest BCUT2D eigenvalue weighted by atomic mass is 9.87. The fourth-order valence-corrected chi connectivity index (χ4v) is 3.71. The molecular weight excluding hydrogens is 300 g/mol. The van der Waals surface area contributed by atoms with Gasteiger partial charge in [0.15, 0.2) is 0 Å². The first-order valence-corrected chi connectivity index (χ1v) is 8.95. The molecule has 0 atom stereocenters. The van der Waals surface area contributed by atoms with Crippen molar-refractivity contribution in [2.75, 3.05) is 0 Å². The third kappa shape index (κ3) is 2.85. The van der Waals surface area contributed by atoms with E-state index in [4.69, 9.17) is 0 Å². The highest BCUT2D eigenvalue weighted by Gasteiger charge is 2.13. The predicted octanol–water partition coefficient (Wildman–Crippen LogP) is 7.04. The first kappa shape index (κ1) is 15.7. The maximum Gasteiger partial charge on any atom is -0.00989 e. The van der Waals surface area contributed by atoms with Crippen LogP contribution in [0.4, 0.5) is 0 Å². The van der Waals surface area contributed by atoms with E-state index in [1.807, 2.05) is 0 Å². The van der Waals surface area contributed by atoms with Crippen molar-refractivity contribution in [1.82, 2.24) is 0 Å². The maximum absolute atomic E-state index is 2.38. The summed E-state index contributed by atoms with van der Waals surface area (Å²) in [6.07, 6.45) is 1.03. The molecule has 122 valence electrons. The van der Waals surface area contributed by atoms with Crippen molar-refractivity contribution in [2.24, 2.45) is 0 Å². The van der Waals surface area contributed by atoms with Gasteiger partial charge in [-0.25, -0.2) is 0 Å². The largest absolute Gasteiger partial charge is 0.0622 e. The molecule has 25 heavy (non-hydrogen) atoms. The fraction of sp³-hybridized carbons (Fsp3) is 0.120. The molecule has 0 saturated heterocycles. The summed E-state index contributed by atoms with van der Waals surface area (Å²) in [5.74, 6) is 0. The molecule has 0 saturated carbocycles. The van der Waals surface area contributed by atoms with Crippen molar-refractivity contribution < 1.29 is 0 Å². The van der Waals surface area contributed by atoms with Crippen LogP contribution in [0.2, 0.25) is 0 Å². The normalized spacial score (nSPS) is 11.0. The number of fused-ring (bicyclic) bond motifs is 1. The van der Waals surface area contributed by atoms with E-state index < -0.39 is 0 Å². The van der Waals surface area contributed by atoms with Crippen LogP contribution in [0.1, 0.15) is 18.1 Å². The summed E-state index contributed by atoms with van der Waals surface area (Å²) in [6.45, 7) is 4.42. The average molecular weight is 322 g/mol. The Labute approximate surface area is 149 Å². The highest BCUT2D eigenvalue weighted by Crippen LogP contribution is 2.38. The van der Waals surface area contributed by atoms with Gasteiger partial charge < -0.3 is 0 Å². The van der Waals surface area contributed by atoms with E-state index in [0.717, 1.165) is 6.42 Å². The molecule has 0 fully saturated rings. The first-order chi connectivity index (χ1) is 12.3. The van der Waals surface area contributed by atoms with Crippen molar-refractivity contribution in [3.8, 4) is 22.3 Å². The van der Waals surface area contributed by atoms with Crippen LogP contribution in [0.15, 0.2) is 84.9 Å². The summed E-state index contributed by atoms with van der Waals surface area (Å²) >= 11 is 0. The highest BCUT2D eigenvalue weighted by atomic mass is 14.2. The Bertz CT molecular complexity index is 1010. The Kier molecular flexibility index (Phi) is 4.11. The summed E-state index contributed by atoms with van der Waals surface area (Å²) in [5, 5.41) is 2.72. The second-order valence-corrected chi connectivity index (χ2v) is 6.58. The van der Waals surface area contributed by atoms with Gasteiger partial charge in [0.05, 0.1) is 0 Å². The van der Waals surface area contributed by atoms with Gasteiger partial charge in [0.1, 0.15) is 0 Å². The smallest absolute Gasteiger partial charge is 0.00989 e. The van der Waals surface area contributed by atoms with E-state index in [2.05, 4.69) is 98.8 Å². The summed E-state index contributed by atoms with van der Waals surface area (Å²) in [7, 11) is 0.